The van der Waals surface area contributed by atoms with Crippen molar-refractivity contribution < 1.29 is 4.79 Å². The Morgan fingerprint density at radius 3 is 2.17 bits per heavy atom. The number of benzene rings is 2. The number of carbonyl (C=O) groups excluding carboxylic acids is 1. The fourth-order valence-electron chi connectivity index (χ4n) is 3.12. The molecule has 5 nitrogen and oxygen atoms in total. The zero-order valence-corrected chi connectivity index (χ0v) is 17.5. The van der Waals surface area contributed by atoms with Gasteiger partial charge in [0, 0.05) is 30.0 Å². The van der Waals surface area contributed by atoms with Crippen molar-refractivity contribution in [3.63, 3.8) is 0 Å². The normalized spacial score (nSPS) is 10.5. The molecule has 1 amide bonds. The quantitative estimate of drug-likeness (QED) is 0.558. The van der Waals surface area contributed by atoms with E-state index in [0.29, 0.717) is 11.3 Å². The lowest BCUT2D eigenvalue weighted by Gasteiger charge is -2.21. The second-order valence-electron chi connectivity index (χ2n) is 7.03. The first-order valence-electron chi connectivity index (χ1n) is 9.96. The van der Waals surface area contributed by atoms with Crippen LogP contribution in [0.2, 0.25) is 0 Å². The summed E-state index contributed by atoms with van der Waals surface area (Å²) in [5, 5.41) is 6.18. The molecule has 0 aliphatic carbocycles. The molecule has 3 rings (SSSR count). The summed E-state index contributed by atoms with van der Waals surface area (Å²) in [6, 6.07) is 17.7. The van der Waals surface area contributed by atoms with E-state index in [9.17, 15) is 4.79 Å². The van der Waals surface area contributed by atoms with Crippen molar-refractivity contribution in [1.82, 2.24) is 4.98 Å². The lowest BCUT2D eigenvalue weighted by Crippen LogP contribution is -2.21. The van der Waals surface area contributed by atoms with Crippen LogP contribution in [0.3, 0.4) is 0 Å². The van der Waals surface area contributed by atoms with Crippen LogP contribution < -0.4 is 15.5 Å². The van der Waals surface area contributed by atoms with E-state index in [1.807, 2.05) is 56.3 Å². The third-order valence-electron chi connectivity index (χ3n) is 5.06. The Bertz CT molecular complexity index is 961. The van der Waals surface area contributed by atoms with E-state index < -0.39 is 0 Å². The van der Waals surface area contributed by atoms with E-state index in [1.54, 1.807) is 6.20 Å². The Hall–Kier alpha value is -3.34. The molecule has 0 unspecified atom stereocenters. The molecular weight excluding hydrogens is 360 g/mol. The molecule has 0 radical (unpaired) electrons. The fraction of sp³-hybridized carbons (Fsp3) is 0.250. The number of rotatable bonds is 7. The highest BCUT2D eigenvalue weighted by Crippen LogP contribution is 2.21. The van der Waals surface area contributed by atoms with Crippen molar-refractivity contribution in [3.05, 3.63) is 77.5 Å². The number of nitrogens with one attached hydrogen (secondary N) is 2. The van der Waals surface area contributed by atoms with Gasteiger partial charge in [-0.15, -0.1) is 0 Å². The summed E-state index contributed by atoms with van der Waals surface area (Å²) in [5.74, 6) is 0.590. The summed E-state index contributed by atoms with van der Waals surface area (Å²) in [6.07, 6.45) is 1.66. The van der Waals surface area contributed by atoms with Crippen LogP contribution in [0.15, 0.2) is 60.8 Å². The van der Waals surface area contributed by atoms with Crippen LogP contribution >= 0.6 is 0 Å². The molecule has 0 spiro atoms. The summed E-state index contributed by atoms with van der Waals surface area (Å²) >= 11 is 0. The summed E-state index contributed by atoms with van der Waals surface area (Å²) in [6.45, 7) is 10.3. The molecule has 0 saturated carbocycles. The van der Waals surface area contributed by atoms with Gasteiger partial charge < -0.3 is 15.5 Å². The van der Waals surface area contributed by atoms with Crippen molar-refractivity contribution >= 4 is 28.8 Å². The van der Waals surface area contributed by atoms with E-state index in [1.165, 1.54) is 11.3 Å². The van der Waals surface area contributed by atoms with Crippen LogP contribution in [-0.2, 0) is 0 Å². The topological polar surface area (TPSA) is 57.3 Å². The number of amides is 1. The SMILES string of the molecule is CCN(CC)c1ccc(Nc2ccc(NC(=O)c3ccc(C)c(C)c3)cn2)cc1. The van der Waals surface area contributed by atoms with Gasteiger partial charge >= 0.3 is 0 Å². The first kappa shape index (κ1) is 20.4. The number of aryl methyl sites for hydroxylation is 2. The number of aromatic nitrogens is 1. The van der Waals surface area contributed by atoms with Gasteiger partial charge in [-0.3, -0.25) is 4.79 Å². The van der Waals surface area contributed by atoms with E-state index in [-0.39, 0.29) is 5.91 Å². The molecule has 2 N–H and O–H groups in total. The second kappa shape index (κ2) is 9.24. The van der Waals surface area contributed by atoms with Gasteiger partial charge in [0.2, 0.25) is 0 Å². The zero-order valence-electron chi connectivity index (χ0n) is 17.5. The maximum Gasteiger partial charge on any atom is 0.255 e. The van der Waals surface area contributed by atoms with Gasteiger partial charge in [-0.25, -0.2) is 4.98 Å². The molecule has 150 valence electrons. The predicted molar refractivity (Wildman–Crippen MR) is 121 cm³/mol. The van der Waals surface area contributed by atoms with Crippen molar-refractivity contribution in [3.8, 4) is 0 Å². The Labute approximate surface area is 172 Å². The standard InChI is InChI=1S/C24H28N4O/c1-5-28(6-2)22-12-9-20(10-13-22)26-23-14-11-21(16-25-23)27-24(29)19-8-7-17(3)18(4)15-19/h7-16H,5-6H2,1-4H3,(H,25,26)(H,27,29). The molecule has 0 atom stereocenters. The Balaban J connectivity index is 1.62. The van der Waals surface area contributed by atoms with Crippen LogP contribution in [0, 0.1) is 13.8 Å². The third-order valence-corrected chi connectivity index (χ3v) is 5.06. The molecule has 2 aromatic carbocycles. The number of hydrogen-bond donors (Lipinski definition) is 2. The number of nitrogens with zero attached hydrogens (tertiary/aromatic N) is 2. The average molecular weight is 389 g/mol. The molecule has 1 heterocycles. The van der Waals surface area contributed by atoms with Crippen molar-refractivity contribution in [2.24, 2.45) is 0 Å². The van der Waals surface area contributed by atoms with Crippen LogP contribution in [-0.4, -0.2) is 24.0 Å². The molecule has 0 bridgehead atoms. The first-order valence-corrected chi connectivity index (χ1v) is 9.96. The molecule has 1 aromatic heterocycles. The monoisotopic (exact) mass is 388 g/mol. The Kier molecular flexibility index (Phi) is 6.50. The minimum absolute atomic E-state index is 0.136. The third kappa shape index (κ3) is 5.13. The van der Waals surface area contributed by atoms with Crippen molar-refractivity contribution in [1.29, 1.82) is 0 Å². The summed E-state index contributed by atoms with van der Waals surface area (Å²) in [7, 11) is 0. The van der Waals surface area contributed by atoms with Crippen molar-refractivity contribution in [2.45, 2.75) is 27.7 Å². The number of anilines is 4. The lowest BCUT2D eigenvalue weighted by atomic mass is 10.1. The van der Waals surface area contributed by atoms with Crippen LogP contribution in [0.25, 0.3) is 0 Å². The molecular formula is C24H28N4O. The molecule has 0 saturated heterocycles. The Morgan fingerprint density at radius 1 is 0.897 bits per heavy atom. The van der Waals surface area contributed by atoms with Crippen LogP contribution in [0.4, 0.5) is 22.9 Å². The van der Waals surface area contributed by atoms with E-state index in [4.69, 9.17) is 0 Å². The zero-order chi connectivity index (χ0) is 20.8. The summed E-state index contributed by atoms with van der Waals surface area (Å²) in [4.78, 5) is 19.1. The first-order chi connectivity index (χ1) is 14.0. The highest BCUT2D eigenvalue weighted by molar-refractivity contribution is 6.04. The van der Waals surface area contributed by atoms with Gasteiger partial charge in [0.05, 0.1) is 11.9 Å². The summed E-state index contributed by atoms with van der Waals surface area (Å²) < 4.78 is 0. The van der Waals surface area contributed by atoms with Crippen LogP contribution in [0.5, 0.6) is 0 Å². The molecule has 5 heteroatoms. The minimum atomic E-state index is -0.136. The lowest BCUT2D eigenvalue weighted by molar-refractivity contribution is 0.102. The molecule has 0 aliphatic heterocycles. The molecule has 29 heavy (non-hydrogen) atoms. The minimum Gasteiger partial charge on any atom is -0.372 e. The van der Waals surface area contributed by atoms with Gasteiger partial charge in [-0.05, 0) is 87.4 Å². The largest absolute Gasteiger partial charge is 0.372 e. The maximum absolute atomic E-state index is 12.4. The smallest absolute Gasteiger partial charge is 0.255 e. The van der Waals surface area contributed by atoms with Gasteiger partial charge in [0.15, 0.2) is 0 Å². The Morgan fingerprint density at radius 2 is 1.59 bits per heavy atom. The van der Waals surface area contributed by atoms with Crippen LogP contribution in [0.1, 0.15) is 35.3 Å². The predicted octanol–water partition coefficient (Wildman–Crippen LogP) is 5.54. The van der Waals surface area contributed by atoms with E-state index in [0.717, 1.165) is 30.2 Å². The number of pyridine rings is 1. The molecule has 0 aliphatic rings. The van der Waals surface area contributed by atoms with Gasteiger partial charge in [-0.1, -0.05) is 6.07 Å². The van der Waals surface area contributed by atoms with Gasteiger partial charge in [0.1, 0.15) is 5.82 Å². The molecule has 0 fully saturated rings. The van der Waals surface area contributed by atoms with Gasteiger partial charge in [0.25, 0.3) is 5.91 Å². The van der Waals surface area contributed by atoms with E-state index in [2.05, 4.69) is 46.5 Å². The average Bonchev–Trinajstić information content (AvgIpc) is 2.73. The number of carbonyl (C=O) groups is 1. The van der Waals surface area contributed by atoms with E-state index >= 15 is 0 Å². The number of hydrogen-bond acceptors (Lipinski definition) is 4. The van der Waals surface area contributed by atoms with Crippen molar-refractivity contribution in [2.75, 3.05) is 28.6 Å². The maximum atomic E-state index is 12.4. The summed E-state index contributed by atoms with van der Waals surface area (Å²) in [5.41, 5.74) is 5.75. The molecule has 3 aromatic rings. The van der Waals surface area contributed by atoms with Gasteiger partial charge in [-0.2, -0.15) is 0 Å². The highest BCUT2D eigenvalue weighted by Gasteiger charge is 2.08. The fourth-order valence-corrected chi connectivity index (χ4v) is 3.12. The second-order valence-corrected chi connectivity index (χ2v) is 7.03. The highest BCUT2D eigenvalue weighted by atomic mass is 16.1.